The summed E-state index contributed by atoms with van der Waals surface area (Å²) < 4.78 is 0. The maximum absolute atomic E-state index is 9.58. The Balaban J connectivity index is 3.26. The minimum Gasteiger partial charge on any atom is -0.508 e. The Hall–Kier alpha value is -1.06. The number of nitrogens with two attached hydrogens (primary N) is 2. The molecule has 2 atom stereocenters. The van der Waals surface area contributed by atoms with Crippen LogP contribution in [0.5, 0.6) is 5.75 Å². The van der Waals surface area contributed by atoms with Crippen LogP contribution in [-0.4, -0.2) is 5.11 Å². The second-order valence-corrected chi connectivity index (χ2v) is 3.36. The predicted molar refractivity (Wildman–Crippen MR) is 53.3 cm³/mol. The predicted octanol–water partition coefficient (Wildman–Crippen LogP) is 1.43. The molecule has 0 aliphatic carbocycles. The lowest BCUT2D eigenvalue weighted by atomic mass is 9.96. The largest absolute Gasteiger partial charge is 0.508 e. The smallest absolute Gasteiger partial charge is 0.120 e. The van der Waals surface area contributed by atoms with Crippen LogP contribution in [0.2, 0.25) is 0 Å². The molecule has 0 saturated carbocycles. The Kier molecular flexibility index (Phi) is 2.90. The zero-order valence-electron chi connectivity index (χ0n) is 7.99. The lowest BCUT2D eigenvalue weighted by Crippen LogP contribution is -2.14. The van der Waals surface area contributed by atoms with Gasteiger partial charge in [0.1, 0.15) is 5.75 Å². The molecule has 0 spiro atoms. The fourth-order valence-electron chi connectivity index (χ4n) is 1.46. The Morgan fingerprint density at radius 3 is 2.15 bits per heavy atom. The Bertz CT molecular complexity index is 295. The van der Waals surface area contributed by atoms with E-state index in [0.717, 1.165) is 11.1 Å². The molecular formula is C10H16N2O. The van der Waals surface area contributed by atoms with Gasteiger partial charge in [0.25, 0.3) is 0 Å². The third-order valence-corrected chi connectivity index (χ3v) is 2.06. The van der Waals surface area contributed by atoms with Crippen LogP contribution in [0.15, 0.2) is 18.2 Å². The zero-order chi connectivity index (χ0) is 10.0. The Morgan fingerprint density at radius 2 is 1.77 bits per heavy atom. The van der Waals surface area contributed by atoms with Crippen LogP contribution in [-0.2, 0) is 0 Å². The van der Waals surface area contributed by atoms with Gasteiger partial charge in [-0.05, 0) is 25.5 Å². The normalized spacial score (nSPS) is 15.4. The van der Waals surface area contributed by atoms with Crippen LogP contribution in [0.4, 0.5) is 0 Å². The number of rotatable bonds is 2. The highest BCUT2D eigenvalue weighted by molar-refractivity contribution is 5.42. The summed E-state index contributed by atoms with van der Waals surface area (Å²) in [4.78, 5) is 0. The average molecular weight is 180 g/mol. The molecule has 3 nitrogen and oxygen atoms in total. The molecule has 5 N–H and O–H groups in total. The standard InChI is InChI=1S/C10H16N2O/c1-6(11)8-4-3-5-9(13)10(8)7(2)12/h3-7,13H,11-12H2,1-2H3. The molecule has 0 aliphatic rings. The summed E-state index contributed by atoms with van der Waals surface area (Å²) in [6.45, 7) is 3.71. The molecule has 0 heterocycles. The van der Waals surface area contributed by atoms with E-state index in [-0.39, 0.29) is 17.8 Å². The van der Waals surface area contributed by atoms with Crippen molar-refractivity contribution in [3.63, 3.8) is 0 Å². The minimum atomic E-state index is -0.192. The van der Waals surface area contributed by atoms with Crippen molar-refractivity contribution in [3.8, 4) is 5.75 Å². The van der Waals surface area contributed by atoms with Gasteiger partial charge >= 0.3 is 0 Å². The first-order chi connectivity index (χ1) is 6.04. The highest BCUT2D eigenvalue weighted by Crippen LogP contribution is 2.29. The molecule has 0 fully saturated rings. The summed E-state index contributed by atoms with van der Waals surface area (Å²) in [6.07, 6.45) is 0. The summed E-state index contributed by atoms with van der Waals surface area (Å²) in [5.41, 5.74) is 13.2. The van der Waals surface area contributed by atoms with E-state index in [1.54, 1.807) is 12.1 Å². The highest BCUT2D eigenvalue weighted by Gasteiger charge is 2.13. The van der Waals surface area contributed by atoms with Crippen molar-refractivity contribution in [1.29, 1.82) is 0 Å². The maximum atomic E-state index is 9.58. The van der Waals surface area contributed by atoms with Crippen molar-refractivity contribution in [3.05, 3.63) is 29.3 Å². The van der Waals surface area contributed by atoms with E-state index in [2.05, 4.69) is 0 Å². The second kappa shape index (κ2) is 3.77. The molecule has 0 saturated heterocycles. The molecule has 0 aliphatic heterocycles. The van der Waals surface area contributed by atoms with Crippen LogP contribution in [0, 0.1) is 0 Å². The number of phenolic OH excluding ortho intramolecular Hbond substituents is 1. The van der Waals surface area contributed by atoms with Crippen LogP contribution in [0.1, 0.15) is 37.1 Å². The van der Waals surface area contributed by atoms with Crippen LogP contribution in [0.3, 0.4) is 0 Å². The summed E-state index contributed by atoms with van der Waals surface area (Å²) >= 11 is 0. The molecule has 1 aromatic rings. The van der Waals surface area contributed by atoms with E-state index < -0.39 is 0 Å². The average Bonchev–Trinajstić information content (AvgIpc) is 2.02. The summed E-state index contributed by atoms with van der Waals surface area (Å²) in [5.74, 6) is 0.227. The van der Waals surface area contributed by atoms with Gasteiger partial charge in [0.15, 0.2) is 0 Å². The van der Waals surface area contributed by atoms with E-state index in [4.69, 9.17) is 11.5 Å². The lowest BCUT2D eigenvalue weighted by Gasteiger charge is -2.16. The third kappa shape index (κ3) is 1.99. The first-order valence-corrected chi connectivity index (χ1v) is 4.37. The first kappa shape index (κ1) is 10.0. The Labute approximate surface area is 78.4 Å². The fraction of sp³-hybridized carbons (Fsp3) is 0.400. The van der Waals surface area contributed by atoms with Crippen LogP contribution < -0.4 is 11.5 Å². The van der Waals surface area contributed by atoms with Gasteiger partial charge in [-0.25, -0.2) is 0 Å². The van der Waals surface area contributed by atoms with Crippen molar-refractivity contribution in [2.45, 2.75) is 25.9 Å². The van der Waals surface area contributed by atoms with Crippen molar-refractivity contribution < 1.29 is 5.11 Å². The Morgan fingerprint density at radius 1 is 1.15 bits per heavy atom. The molecule has 1 aromatic carbocycles. The molecule has 1 rings (SSSR count). The summed E-state index contributed by atoms with van der Waals surface area (Å²) in [7, 11) is 0. The van der Waals surface area contributed by atoms with E-state index in [9.17, 15) is 5.11 Å². The number of phenols is 1. The van der Waals surface area contributed by atoms with Crippen LogP contribution in [0.25, 0.3) is 0 Å². The van der Waals surface area contributed by atoms with Crippen LogP contribution >= 0.6 is 0 Å². The second-order valence-electron chi connectivity index (χ2n) is 3.36. The first-order valence-electron chi connectivity index (χ1n) is 4.37. The summed E-state index contributed by atoms with van der Waals surface area (Å²) in [6, 6.07) is 5.00. The van der Waals surface area contributed by atoms with Gasteiger partial charge in [-0.1, -0.05) is 12.1 Å². The number of aromatic hydroxyl groups is 1. The van der Waals surface area contributed by atoms with Gasteiger partial charge in [0.2, 0.25) is 0 Å². The van der Waals surface area contributed by atoms with Gasteiger partial charge in [-0.3, -0.25) is 0 Å². The molecule has 0 aromatic heterocycles. The monoisotopic (exact) mass is 180 g/mol. The van der Waals surface area contributed by atoms with Gasteiger partial charge < -0.3 is 16.6 Å². The van der Waals surface area contributed by atoms with Crippen molar-refractivity contribution in [1.82, 2.24) is 0 Å². The SMILES string of the molecule is CC(N)c1cccc(O)c1C(C)N. The quantitative estimate of drug-likeness (QED) is 0.644. The van der Waals surface area contributed by atoms with Gasteiger partial charge in [0.05, 0.1) is 0 Å². The zero-order valence-corrected chi connectivity index (χ0v) is 7.99. The summed E-state index contributed by atoms with van der Waals surface area (Å²) in [5, 5.41) is 9.58. The number of benzene rings is 1. The number of hydrogen-bond donors (Lipinski definition) is 3. The third-order valence-electron chi connectivity index (χ3n) is 2.06. The van der Waals surface area contributed by atoms with Gasteiger partial charge in [-0.15, -0.1) is 0 Å². The molecule has 3 heteroatoms. The molecule has 0 radical (unpaired) electrons. The highest BCUT2D eigenvalue weighted by atomic mass is 16.3. The fourth-order valence-corrected chi connectivity index (χ4v) is 1.46. The van der Waals surface area contributed by atoms with E-state index in [1.165, 1.54) is 0 Å². The molecule has 0 amide bonds. The van der Waals surface area contributed by atoms with Gasteiger partial charge in [-0.2, -0.15) is 0 Å². The maximum Gasteiger partial charge on any atom is 0.120 e. The minimum absolute atomic E-state index is 0.104. The van der Waals surface area contributed by atoms with E-state index in [1.807, 2.05) is 19.9 Å². The van der Waals surface area contributed by atoms with Crippen molar-refractivity contribution in [2.24, 2.45) is 11.5 Å². The van der Waals surface area contributed by atoms with Crippen molar-refractivity contribution >= 4 is 0 Å². The molecule has 2 unspecified atom stereocenters. The topological polar surface area (TPSA) is 72.3 Å². The van der Waals surface area contributed by atoms with E-state index in [0.29, 0.717) is 0 Å². The van der Waals surface area contributed by atoms with Gasteiger partial charge in [0, 0.05) is 17.6 Å². The molecule has 0 bridgehead atoms. The number of hydrogen-bond acceptors (Lipinski definition) is 3. The van der Waals surface area contributed by atoms with Crippen molar-refractivity contribution in [2.75, 3.05) is 0 Å². The van der Waals surface area contributed by atoms with E-state index >= 15 is 0 Å². The molecule has 13 heavy (non-hydrogen) atoms. The lowest BCUT2D eigenvalue weighted by molar-refractivity contribution is 0.461. The molecular weight excluding hydrogens is 164 g/mol. The molecule has 72 valence electrons.